The monoisotopic (exact) mass is 272 g/mol. The van der Waals surface area contributed by atoms with Gasteiger partial charge in [0.1, 0.15) is 0 Å². The number of hydrogen-bond donors (Lipinski definition) is 1. The summed E-state index contributed by atoms with van der Waals surface area (Å²) in [5, 5.41) is 3.53. The Morgan fingerprint density at radius 1 is 1.06 bits per heavy atom. The van der Waals surface area contributed by atoms with Crippen molar-refractivity contribution in [1.29, 1.82) is 0 Å². The number of nitrogens with one attached hydrogen (secondary N) is 1. The highest BCUT2D eigenvalue weighted by atomic mass is 32.2. The molecule has 0 bridgehead atoms. The maximum atomic E-state index is 11.9. The van der Waals surface area contributed by atoms with Gasteiger partial charge in [0, 0.05) is 12.1 Å². The van der Waals surface area contributed by atoms with Crippen molar-refractivity contribution in [3.8, 4) is 0 Å². The Morgan fingerprint density at radius 3 is 2.44 bits per heavy atom. The lowest BCUT2D eigenvalue weighted by molar-refractivity contribution is 0.155. The van der Waals surface area contributed by atoms with E-state index in [-0.39, 0.29) is 12.1 Å². The van der Waals surface area contributed by atoms with E-state index in [9.17, 15) is 8.42 Å². The van der Waals surface area contributed by atoms with Gasteiger partial charge in [0.15, 0.2) is 9.84 Å². The highest BCUT2D eigenvalue weighted by Crippen LogP contribution is 2.29. The molecule has 5 heteroatoms. The van der Waals surface area contributed by atoms with E-state index in [1.807, 2.05) is 0 Å². The zero-order valence-corrected chi connectivity index (χ0v) is 11.8. The largest absolute Gasteiger partial charge is 0.311 e. The van der Waals surface area contributed by atoms with Crippen molar-refractivity contribution in [3.63, 3.8) is 0 Å². The van der Waals surface area contributed by atoms with Gasteiger partial charge in [-0.15, -0.1) is 0 Å². The molecule has 2 unspecified atom stereocenters. The van der Waals surface area contributed by atoms with E-state index in [0.717, 1.165) is 25.6 Å². The molecule has 2 heterocycles. The van der Waals surface area contributed by atoms with E-state index >= 15 is 0 Å². The third-order valence-corrected chi connectivity index (χ3v) is 6.26. The SMILES string of the molecule is O=S1(=O)CC(NCC2CC2)C(N2CCCCC2)C1. The Morgan fingerprint density at radius 2 is 1.78 bits per heavy atom. The van der Waals surface area contributed by atoms with Crippen molar-refractivity contribution in [2.24, 2.45) is 5.92 Å². The van der Waals surface area contributed by atoms with Gasteiger partial charge in [0.25, 0.3) is 0 Å². The minimum Gasteiger partial charge on any atom is -0.311 e. The van der Waals surface area contributed by atoms with Crippen LogP contribution in [0.4, 0.5) is 0 Å². The molecule has 18 heavy (non-hydrogen) atoms. The molecule has 0 spiro atoms. The molecule has 0 aromatic heterocycles. The lowest BCUT2D eigenvalue weighted by atomic mass is 10.0. The van der Waals surface area contributed by atoms with Crippen LogP contribution in [0.2, 0.25) is 0 Å². The molecule has 3 aliphatic rings. The van der Waals surface area contributed by atoms with E-state index in [2.05, 4.69) is 10.2 Å². The van der Waals surface area contributed by atoms with Crippen LogP contribution in [0, 0.1) is 5.92 Å². The topological polar surface area (TPSA) is 49.4 Å². The second-order valence-electron chi connectivity index (χ2n) is 6.20. The van der Waals surface area contributed by atoms with Gasteiger partial charge in [-0.05, 0) is 51.2 Å². The van der Waals surface area contributed by atoms with Gasteiger partial charge in [0.05, 0.1) is 11.5 Å². The van der Waals surface area contributed by atoms with Crippen LogP contribution in [0.1, 0.15) is 32.1 Å². The quantitative estimate of drug-likeness (QED) is 0.816. The van der Waals surface area contributed by atoms with Crippen molar-refractivity contribution in [2.45, 2.75) is 44.2 Å². The maximum absolute atomic E-state index is 11.9. The molecule has 1 saturated carbocycles. The minimum atomic E-state index is -2.83. The summed E-state index contributed by atoms with van der Waals surface area (Å²) in [5.74, 6) is 1.53. The predicted molar refractivity (Wildman–Crippen MR) is 72.4 cm³/mol. The summed E-state index contributed by atoms with van der Waals surface area (Å²) in [4.78, 5) is 2.42. The zero-order chi connectivity index (χ0) is 12.6. The molecule has 0 aromatic rings. The van der Waals surface area contributed by atoms with Gasteiger partial charge in [-0.3, -0.25) is 4.90 Å². The summed E-state index contributed by atoms with van der Waals surface area (Å²) < 4.78 is 23.8. The molecule has 4 nitrogen and oxygen atoms in total. The van der Waals surface area contributed by atoms with Crippen LogP contribution in [-0.2, 0) is 9.84 Å². The van der Waals surface area contributed by atoms with Gasteiger partial charge < -0.3 is 5.32 Å². The average Bonchev–Trinajstić information content (AvgIpc) is 3.12. The van der Waals surface area contributed by atoms with Crippen LogP contribution >= 0.6 is 0 Å². The Kier molecular flexibility index (Phi) is 3.65. The molecule has 0 aromatic carbocycles. The lowest BCUT2D eigenvalue weighted by Gasteiger charge is -2.35. The van der Waals surface area contributed by atoms with Crippen LogP contribution < -0.4 is 5.32 Å². The Bertz CT molecular complexity index is 386. The fourth-order valence-electron chi connectivity index (χ4n) is 3.27. The number of rotatable bonds is 4. The van der Waals surface area contributed by atoms with Gasteiger partial charge >= 0.3 is 0 Å². The van der Waals surface area contributed by atoms with Crippen LogP contribution in [0.3, 0.4) is 0 Å². The van der Waals surface area contributed by atoms with Crippen molar-refractivity contribution in [1.82, 2.24) is 10.2 Å². The smallest absolute Gasteiger partial charge is 0.153 e. The summed E-state index contributed by atoms with van der Waals surface area (Å²) >= 11 is 0. The fraction of sp³-hybridized carbons (Fsp3) is 1.00. The molecule has 1 N–H and O–H groups in total. The average molecular weight is 272 g/mol. The molecule has 3 rings (SSSR count). The molecule has 0 radical (unpaired) electrons. The summed E-state index contributed by atoms with van der Waals surface area (Å²) in [6, 6.07) is 0.405. The van der Waals surface area contributed by atoms with Crippen LogP contribution in [0.15, 0.2) is 0 Å². The van der Waals surface area contributed by atoms with Gasteiger partial charge in [-0.25, -0.2) is 8.42 Å². The summed E-state index contributed by atoms with van der Waals surface area (Å²) in [6.07, 6.45) is 6.40. The predicted octanol–water partition coefficient (Wildman–Crippen LogP) is 0.638. The molecular weight excluding hydrogens is 248 g/mol. The zero-order valence-electron chi connectivity index (χ0n) is 11.0. The van der Waals surface area contributed by atoms with E-state index in [4.69, 9.17) is 0 Å². The highest BCUT2D eigenvalue weighted by Gasteiger charge is 2.41. The number of piperidine rings is 1. The fourth-order valence-corrected chi connectivity index (χ4v) is 5.26. The molecule has 2 aliphatic heterocycles. The lowest BCUT2D eigenvalue weighted by Crippen LogP contribution is -2.51. The van der Waals surface area contributed by atoms with Crippen LogP contribution in [0.5, 0.6) is 0 Å². The molecule has 3 fully saturated rings. The number of sulfone groups is 1. The maximum Gasteiger partial charge on any atom is 0.153 e. The van der Waals surface area contributed by atoms with Crippen molar-refractivity contribution >= 4 is 9.84 Å². The molecule has 104 valence electrons. The molecule has 1 aliphatic carbocycles. The summed E-state index contributed by atoms with van der Waals surface area (Å²) in [5.41, 5.74) is 0. The summed E-state index contributed by atoms with van der Waals surface area (Å²) in [7, 11) is -2.83. The van der Waals surface area contributed by atoms with Gasteiger partial charge in [0.2, 0.25) is 0 Å². The molecule has 2 saturated heterocycles. The number of nitrogens with zero attached hydrogens (tertiary/aromatic N) is 1. The molecular formula is C13H24N2O2S. The first-order chi connectivity index (χ1) is 8.64. The van der Waals surface area contributed by atoms with E-state index in [1.54, 1.807) is 0 Å². The van der Waals surface area contributed by atoms with Gasteiger partial charge in [-0.2, -0.15) is 0 Å². The van der Waals surface area contributed by atoms with Crippen LogP contribution in [0.25, 0.3) is 0 Å². The standard InChI is InChI=1S/C13H24N2O2S/c16-18(17)9-12(14-8-11-4-5-11)13(10-18)15-6-2-1-3-7-15/h11-14H,1-10H2. The van der Waals surface area contributed by atoms with Crippen molar-refractivity contribution < 1.29 is 8.42 Å². The first-order valence-corrected chi connectivity index (χ1v) is 9.14. The van der Waals surface area contributed by atoms with Crippen molar-refractivity contribution in [2.75, 3.05) is 31.1 Å². The Hall–Kier alpha value is -0.130. The number of likely N-dealkylation sites (tertiary alicyclic amines) is 1. The summed E-state index contributed by atoms with van der Waals surface area (Å²) in [6.45, 7) is 3.19. The minimum absolute atomic E-state index is 0.175. The third-order valence-electron chi connectivity index (χ3n) is 4.55. The third kappa shape index (κ3) is 3.06. The molecule has 0 amide bonds. The molecule has 2 atom stereocenters. The first kappa shape index (κ1) is 12.9. The highest BCUT2D eigenvalue weighted by molar-refractivity contribution is 7.91. The normalized spacial score (nSPS) is 36.9. The van der Waals surface area contributed by atoms with Crippen molar-refractivity contribution in [3.05, 3.63) is 0 Å². The van der Waals surface area contributed by atoms with Gasteiger partial charge in [-0.1, -0.05) is 6.42 Å². The van der Waals surface area contributed by atoms with E-state index in [1.165, 1.54) is 32.1 Å². The van der Waals surface area contributed by atoms with Crippen LogP contribution in [-0.4, -0.2) is 56.5 Å². The second-order valence-corrected chi connectivity index (χ2v) is 8.35. The van der Waals surface area contributed by atoms with E-state index in [0.29, 0.717) is 11.5 Å². The number of hydrogen-bond acceptors (Lipinski definition) is 4. The Labute approximate surface area is 110 Å². The first-order valence-electron chi connectivity index (χ1n) is 7.32. The van der Waals surface area contributed by atoms with E-state index < -0.39 is 9.84 Å². The Balaban J connectivity index is 1.63. The second kappa shape index (κ2) is 5.10.